The molecule has 0 aliphatic carbocycles. The van der Waals surface area contributed by atoms with E-state index >= 15 is 0 Å². The Kier molecular flexibility index (Phi) is 8.29. The molecule has 2 rings (SSSR count). The van der Waals surface area contributed by atoms with Gasteiger partial charge in [0.05, 0.1) is 5.39 Å². The molecule has 0 saturated heterocycles. The van der Waals surface area contributed by atoms with Crippen LogP contribution in [0.3, 0.4) is 0 Å². The minimum atomic E-state index is -2.38. The predicted octanol–water partition coefficient (Wildman–Crippen LogP) is 9.06. The molecule has 8 heteroatoms. The third-order valence-corrected chi connectivity index (χ3v) is 21.7. The Morgan fingerprint density at radius 2 is 1.05 bits per heavy atom. The van der Waals surface area contributed by atoms with Gasteiger partial charge in [-0.15, -0.1) is 0 Å². The third kappa shape index (κ3) is 6.45. The summed E-state index contributed by atoms with van der Waals surface area (Å²) in [5.74, 6) is 0.856. The van der Waals surface area contributed by atoms with Crippen LogP contribution in [0, 0.1) is 0 Å². The number of hydrogen-bond acceptors (Lipinski definition) is 5. The molecule has 0 saturated carbocycles. The lowest BCUT2D eigenvalue weighted by Gasteiger charge is -2.40. The minimum absolute atomic E-state index is 0.0545. The number of benzene rings is 1. The van der Waals surface area contributed by atoms with Crippen molar-refractivity contribution in [3.63, 3.8) is 0 Å². The van der Waals surface area contributed by atoms with Crippen LogP contribution in [0.2, 0.25) is 54.4 Å². The highest BCUT2D eigenvalue weighted by atomic mass is 28.4. The van der Waals surface area contributed by atoms with Gasteiger partial charge in [0.1, 0.15) is 5.75 Å². The number of phenols is 1. The van der Waals surface area contributed by atoms with Crippen LogP contribution < -0.4 is 18.7 Å². The second kappa shape index (κ2) is 9.76. The summed E-state index contributed by atoms with van der Waals surface area (Å²) in [6.45, 7) is 32.2. The van der Waals surface area contributed by atoms with Gasteiger partial charge in [0.25, 0.3) is 25.0 Å². The topological polar surface area (TPSA) is 65.0 Å². The normalized spacial score (nSPS) is 14.0. The first-order chi connectivity index (χ1) is 16.3. The quantitative estimate of drug-likeness (QED) is 0.356. The molecule has 1 N–H and O–H groups in total. The lowest BCUT2D eigenvalue weighted by molar-refractivity contribution is 0.402. The van der Waals surface area contributed by atoms with Gasteiger partial charge in [-0.1, -0.05) is 74.4 Å². The van der Waals surface area contributed by atoms with E-state index in [1.165, 1.54) is 0 Å². The molecule has 0 radical (unpaired) electrons. The molecule has 2 aromatic rings. The minimum Gasteiger partial charge on any atom is -0.541 e. The number of hydrogen-bond donors (Lipinski definition) is 1. The average Bonchev–Trinajstić information content (AvgIpc) is 2.80. The van der Waals surface area contributed by atoms with Gasteiger partial charge >= 0.3 is 0 Å². The molecule has 0 aromatic heterocycles. The third-order valence-electron chi connectivity index (χ3n) is 8.73. The van der Waals surface area contributed by atoms with E-state index in [1.54, 1.807) is 6.07 Å². The van der Waals surface area contributed by atoms with Crippen LogP contribution in [0.25, 0.3) is 10.8 Å². The summed E-state index contributed by atoms with van der Waals surface area (Å²) >= 11 is 0. The molecule has 0 atom stereocenters. The van der Waals surface area contributed by atoms with Gasteiger partial charge in [-0.2, -0.15) is 0 Å². The number of phenolic OH excluding ortho intramolecular Hbond substituents is 1. The molecule has 0 amide bonds. The van der Waals surface area contributed by atoms with Crippen molar-refractivity contribution in [2.24, 2.45) is 0 Å². The van der Waals surface area contributed by atoms with Crippen LogP contribution in [0.5, 0.6) is 23.0 Å². The van der Waals surface area contributed by atoms with Crippen LogP contribution in [0.1, 0.15) is 62.3 Å². The molecular formula is C29H50O5Si3. The maximum Gasteiger partial charge on any atom is 0.250 e. The van der Waals surface area contributed by atoms with Crippen molar-refractivity contribution in [3.05, 3.63) is 34.5 Å². The van der Waals surface area contributed by atoms with Crippen molar-refractivity contribution < 1.29 is 18.4 Å². The Hall–Kier alpha value is -1.78. The fraction of sp³-hybridized carbons (Fsp3) is 0.621. The molecule has 5 nitrogen and oxygen atoms in total. The van der Waals surface area contributed by atoms with Gasteiger partial charge in [0.2, 0.25) is 5.43 Å². The summed E-state index contributed by atoms with van der Waals surface area (Å²) in [6.07, 6.45) is 0. The molecule has 37 heavy (non-hydrogen) atoms. The average molecular weight is 563 g/mol. The highest BCUT2D eigenvalue weighted by molar-refractivity contribution is 6.76. The van der Waals surface area contributed by atoms with Crippen molar-refractivity contribution in [2.45, 2.75) is 117 Å². The van der Waals surface area contributed by atoms with Crippen LogP contribution in [-0.4, -0.2) is 30.1 Å². The summed E-state index contributed by atoms with van der Waals surface area (Å²) in [7, 11) is -6.95. The maximum absolute atomic E-state index is 13.9. The lowest BCUT2D eigenvalue weighted by Crippen LogP contribution is -2.45. The first-order valence-electron chi connectivity index (χ1n) is 13.2. The van der Waals surface area contributed by atoms with Gasteiger partial charge in [0, 0.05) is 0 Å². The smallest absolute Gasteiger partial charge is 0.250 e. The van der Waals surface area contributed by atoms with Crippen molar-refractivity contribution in [1.82, 2.24) is 0 Å². The molecule has 0 aliphatic heterocycles. The van der Waals surface area contributed by atoms with Crippen molar-refractivity contribution in [3.8, 4) is 23.0 Å². The molecule has 0 fully saturated rings. The highest BCUT2D eigenvalue weighted by Gasteiger charge is 2.43. The molecule has 208 valence electrons. The second-order valence-electron chi connectivity index (χ2n) is 14.8. The fourth-order valence-corrected chi connectivity index (χ4v) is 6.01. The van der Waals surface area contributed by atoms with E-state index in [2.05, 4.69) is 102 Å². The second-order valence-corrected chi connectivity index (χ2v) is 29.0. The van der Waals surface area contributed by atoms with Gasteiger partial charge in [-0.3, -0.25) is 4.79 Å². The molecule has 0 unspecified atom stereocenters. The Morgan fingerprint density at radius 3 is 1.49 bits per heavy atom. The van der Waals surface area contributed by atoms with E-state index in [9.17, 15) is 9.90 Å². The van der Waals surface area contributed by atoms with Crippen molar-refractivity contribution >= 4 is 35.7 Å². The van der Waals surface area contributed by atoms with Crippen LogP contribution >= 0.6 is 0 Å². The summed E-state index contributed by atoms with van der Waals surface area (Å²) in [5.41, 5.74) is -0.332. The summed E-state index contributed by atoms with van der Waals surface area (Å²) in [5, 5.41) is 12.3. The molecule has 0 aliphatic rings. The van der Waals surface area contributed by atoms with E-state index in [1.807, 2.05) is 18.2 Å². The number of fused-ring (bicyclic) bond motifs is 1. The van der Waals surface area contributed by atoms with Gasteiger partial charge in [-0.25, -0.2) is 0 Å². The molecule has 0 spiro atoms. The lowest BCUT2D eigenvalue weighted by atomic mass is 10.1. The summed E-state index contributed by atoms with van der Waals surface area (Å²) in [4.78, 5) is 13.9. The molecular weight excluding hydrogens is 513 g/mol. The van der Waals surface area contributed by atoms with Crippen LogP contribution in [0.15, 0.2) is 29.1 Å². The molecule has 2 aromatic carbocycles. The number of aromatic hydroxyl groups is 1. The van der Waals surface area contributed by atoms with E-state index in [0.717, 1.165) is 0 Å². The van der Waals surface area contributed by atoms with Crippen molar-refractivity contribution in [1.29, 1.82) is 0 Å². The maximum atomic E-state index is 13.9. The standard InChI is InChI=1S/C29H50O5Si3/c1-27(2,3)35(10,11)32-21-18-16-17-20-19-22(33-36(12,13)28(4,5)6)26(25(31)23(20)24(21)30)34-37(14,15)29(7,8)9/h16-19,31H,1-15H3. The van der Waals surface area contributed by atoms with E-state index in [0.29, 0.717) is 11.1 Å². The Balaban J connectivity index is 2.92. The number of rotatable bonds is 6. The Morgan fingerprint density at radius 1 is 0.649 bits per heavy atom. The predicted molar refractivity (Wildman–Crippen MR) is 165 cm³/mol. The van der Waals surface area contributed by atoms with E-state index in [4.69, 9.17) is 13.3 Å². The largest absolute Gasteiger partial charge is 0.541 e. The highest BCUT2D eigenvalue weighted by Crippen LogP contribution is 2.49. The SMILES string of the molecule is CC(C)(C)[Si](C)(C)Oc1cc2cccc(O[Si](C)(C)C(C)(C)C)c(=O)c2c(O)c1O[Si](C)(C)C(C)(C)C. The van der Waals surface area contributed by atoms with Crippen LogP contribution in [-0.2, 0) is 0 Å². The monoisotopic (exact) mass is 562 g/mol. The zero-order valence-electron chi connectivity index (χ0n) is 25.9. The van der Waals surface area contributed by atoms with Crippen LogP contribution in [0.4, 0.5) is 0 Å². The summed E-state index contributed by atoms with van der Waals surface area (Å²) < 4.78 is 19.8. The fourth-order valence-electron chi connectivity index (χ4n) is 2.97. The molecule has 0 heterocycles. The molecule has 0 bridgehead atoms. The van der Waals surface area contributed by atoms with Gasteiger partial charge < -0.3 is 18.4 Å². The zero-order valence-corrected chi connectivity index (χ0v) is 28.9. The zero-order chi connectivity index (χ0) is 29.0. The van der Waals surface area contributed by atoms with E-state index in [-0.39, 0.29) is 43.2 Å². The Bertz CT molecular complexity index is 1210. The van der Waals surface area contributed by atoms with Crippen molar-refractivity contribution in [2.75, 3.05) is 0 Å². The van der Waals surface area contributed by atoms with Gasteiger partial charge in [-0.05, 0) is 71.9 Å². The summed E-state index contributed by atoms with van der Waals surface area (Å²) in [6, 6.07) is 7.22. The van der Waals surface area contributed by atoms with Gasteiger partial charge in [0.15, 0.2) is 17.2 Å². The first-order valence-corrected chi connectivity index (χ1v) is 21.9. The Labute approximate surface area is 228 Å². The first kappa shape index (κ1) is 31.4. The van der Waals surface area contributed by atoms with E-state index < -0.39 is 25.0 Å².